The van der Waals surface area contributed by atoms with Gasteiger partial charge in [-0.2, -0.15) is 0 Å². The molecule has 0 bridgehead atoms. The van der Waals surface area contributed by atoms with Gasteiger partial charge in [0.2, 0.25) is 0 Å². The monoisotopic (exact) mass is 409 g/mol. The molecule has 5 heteroatoms. The molecule has 2 aromatic rings. The summed E-state index contributed by atoms with van der Waals surface area (Å²) in [5.74, 6) is -0.409. The van der Waals surface area contributed by atoms with Gasteiger partial charge in [0.05, 0.1) is 5.75 Å². The van der Waals surface area contributed by atoms with Crippen molar-refractivity contribution in [2.24, 2.45) is 0 Å². The number of rotatable bonds is 6. The van der Waals surface area contributed by atoms with Crippen molar-refractivity contribution in [1.29, 1.82) is 0 Å². The lowest BCUT2D eigenvalue weighted by Crippen LogP contribution is -2.25. The van der Waals surface area contributed by atoms with Crippen molar-refractivity contribution in [2.45, 2.75) is 38.0 Å². The average molecular weight is 410 g/mol. The predicted octanol–water partition coefficient (Wildman–Crippen LogP) is 4.82. The first-order valence-electron chi connectivity index (χ1n) is 9.64. The Morgan fingerprint density at radius 3 is 2.59 bits per heavy atom. The van der Waals surface area contributed by atoms with E-state index in [1.165, 1.54) is 17.3 Å². The third kappa shape index (κ3) is 4.56. The van der Waals surface area contributed by atoms with Gasteiger partial charge >= 0.3 is 5.97 Å². The second-order valence-electron chi connectivity index (χ2n) is 7.92. The van der Waals surface area contributed by atoms with E-state index in [0.717, 1.165) is 27.4 Å². The zero-order valence-corrected chi connectivity index (χ0v) is 18.4. The van der Waals surface area contributed by atoms with Crippen LogP contribution in [0.2, 0.25) is 0 Å². The van der Waals surface area contributed by atoms with E-state index in [4.69, 9.17) is 4.74 Å². The molecule has 3 rings (SSSR count). The maximum Gasteiger partial charge on any atom is 0.316 e. The van der Waals surface area contributed by atoms with Crippen LogP contribution in [0.1, 0.15) is 30.5 Å². The molecule has 0 saturated heterocycles. The number of aryl methyl sites for hydroxylation is 2. The highest BCUT2D eigenvalue weighted by Crippen LogP contribution is 2.46. The van der Waals surface area contributed by atoms with Crippen LogP contribution in [0.15, 0.2) is 59.1 Å². The summed E-state index contributed by atoms with van der Waals surface area (Å²) < 4.78 is 5.21. The van der Waals surface area contributed by atoms with Crippen LogP contribution in [0, 0.1) is 13.8 Å². The van der Waals surface area contributed by atoms with Gasteiger partial charge in [-0.1, -0.05) is 49.7 Å². The average Bonchev–Trinajstić information content (AvgIpc) is 2.88. The maximum absolute atomic E-state index is 12.5. The van der Waals surface area contributed by atoms with Gasteiger partial charge in [-0.15, -0.1) is 11.8 Å². The first-order chi connectivity index (χ1) is 13.7. The lowest BCUT2D eigenvalue weighted by Gasteiger charge is -2.23. The summed E-state index contributed by atoms with van der Waals surface area (Å²) in [7, 11) is 1.96. The largest absolute Gasteiger partial charge is 0.457 e. The van der Waals surface area contributed by atoms with E-state index in [2.05, 4.69) is 26.0 Å². The number of likely N-dealkylation sites (N-methyl/N-ethyl adjacent to an activating group) is 1. The highest BCUT2D eigenvalue weighted by molar-refractivity contribution is 8.00. The minimum atomic E-state index is -0.384. The normalized spacial score (nSPS) is 16.0. The third-order valence-corrected chi connectivity index (χ3v) is 6.43. The van der Waals surface area contributed by atoms with Gasteiger partial charge < -0.3 is 9.64 Å². The molecule has 152 valence electrons. The summed E-state index contributed by atoms with van der Waals surface area (Å²) >= 11 is 1.44. The van der Waals surface area contributed by atoms with E-state index in [9.17, 15) is 9.59 Å². The van der Waals surface area contributed by atoms with Crippen molar-refractivity contribution in [3.63, 3.8) is 0 Å². The molecule has 1 aliphatic heterocycles. The smallest absolute Gasteiger partial charge is 0.316 e. The number of carbonyl (C=O) groups excluding carboxylic acids is 2. The van der Waals surface area contributed by atoms with E-state index < -0.39 is 0 Å². The van der Waals surface area contributed by atoms with Gasteiger partial charge in [-0.3, -0.25) is 9.59 Å². The summed E-state index contributed by atoms with van der Waals surface area (Å²) in [6.45, 7) is 7.99. The molecule has 1 heterocycles. The number of anilines is 1. The Morgan fingerprint density at radius 2 is 1.86 bits per heavy atom. The topological polar surface area (TPSA) is 46.6 Å². The minimum absolute atomic E-state index is 0.185. The Hall–Kier alpha value is -2.53. The van der Waals surface area contributed by atoms with Crippen molar-refractivity contribution in [3.05, 3.63) is 70.9 Å². The molecule has 0 aromatic heterocycles. The Balaban J connectivity index is 1.58. The lowest BCUT2D eigenvalue weighted by atomic mass is 9.83. The number of esters is 1. The lowest BCUT2D eigenvalue weighted by molar-refractivity contribution is -0.144. The quantitative estimate of drug-likeness (QED) is 0.389. The van der Waals surface area contributed by atoms with Crippen molar-refractivity contribution >= 4 is 29.2 Å². The number of fused-ring (bicyclic) bond motifs is 1. The molecule has 0 saturated carbocycles. The first kappa shape index (κ1) is 21.2. The number of ether oxygens (including phenoxy) is 1. The molecule has 2 aromatic carbocycles. The molecule has 0 atom stereocenters. The molecule has 0 unspecified atom stereocenters. The third-order valence-electron chi connectivity index (χ3n) is 5.30. The summed E-state index contributed by atoms with van der Waals surface area (Å²) in [5, 5.41) is 0. The number of nitrogens with zero attached hydrogens (tertiary/aromatic N) is 1. The molecule has 0 radical (unpaired) electrons. The van der Waals surface area contributed by atoms with Crippen LogP contribution in [-0.2, 0) is 19.7 Å². The summed E-state index contributed by atoms with van der Waals surface area (Å²) in [5.41, 5.74) is 5.19. The second-order valence-corrected chi connectivity index (χ2v) is 8.93. The van der Waals surface area contributed by atoms with Crippen molar-refractivity contribution in [1.82, 2.24) is 0 Å². The van der Waals surface area contributed by atoms with Crippen LogP contribution in [0.25, 0.3) is 0 Å². The number of ketones is 1. The minimum Gasteiger partial charge on any atom is -0.457 e. The zero-order chi connectivity index (χ0) is 21.2. The molecule has 0 aliphatic carbocycles. The molecule has 0 spiro atoms. The number of benzene rings is 2. The van der Waals surface area contributed by atoms with Crippen LogP contribution in [-0.4, -0.2) is 31.2 Å². The van der Waals surface area contributed by atoms with Gasteiger partial charge in [0.25, 0.3) is 0 Å². The first-order valence-corrected chi connectivity index (χ1v) is 10.6. The molecule has 29 heavy (non-hydrogen) atoms. The predicted molar refractivity (Wildman–Crippen MR) is 119 cm³/mol. The van der Waals surface area contributed by atoms with Crippen molar-refractivity contribution in [3.8, 4) is 0 Å². The number of hydrogen-bond donors (Lipinski definition) is 0. The number of carbonyl (C=O) groups is 2. The van der Waals surface area contributed by atoms with E-state index in [1.807, 2.05) is 56.1 Å². The van der Waals surface area contributed by atoms with Gasteiger partial charge in [-0.25, -0.2) is 0 Å². The summed E-state index contributed by atoms with van der Waals surface area (Å²) in [4.78, 5) is 27.7. The van der Waals surface area contributed by atoms with E-state index in [1.54, 1.807) is 6.08 Å². The van der Waals surface area contributed by atoms with Gasteiger partial charge in [-0.05, 0) is 37.1 Å². The number of hydrogen-bond acceptors (Lipinski definition) is 5. The molecular weight excluding hydrogens is 382 g/mol. The van der Waals surface area contributed by atoms with Crippen molar-refractivity contribution in [2.75, 3.05) is 24.3 Å². The fourth-order valence-corrected chi connectivity index (χ4v) is 4.57. The van der Waals surface area contributed by atoms with E-state index >= 15 is 0 Å². The van der Waals surface area contributed by atoms with Crippen LogP contribution in [0.4, 0.5) is 5.69 Å². The van der Waals surface area contributed by atoms with E-state index in [0.29, 0.717) is 0 Å². The van der Waals surface area contributed by atoms with Gasteiger partial charge in [0.1, 0.15) is 0 Å². The van der Waals surface area contributed by atoms with Crippen molar-refractivity contribution < 1.29 is 14.3 Å². The fraction of sp³-hybridized carbons (Fsp3) is 0.333. The highest BCUT2D eigenvalue weighted by atomic mass is 32.2. The second kappa shape index (κ2) is 8.46. The Morgan fingerprint density at radius 1 is 1.14 bits per heavy atom. The SMILES string of the molecule is Cc1ccc(C)c(SCC(=O)OCC(=O)C=C2N(C)c3ccccc3C2(C)C)c1. The Labute approximate surface area is 176 Å². The Kier molecular flexibility index (Phi) is 6.18. The molecule has 4 nitrogen and oxygen atoms in total. The zero-order valence-electron chi connectivity index (χ0n) is 17.6. The number of para-hydroxylation sites is 1. The highest BCUT2D eigenvalue weighted by Gasteiger charge is 2.38. The van der Waals surface area contributed by atoms with Crippen LogP contribution in [0.3, 0.4) is 0 Å². The van der Waals surface area contributed by atoms with Crippen LogP contribution in [0.5, 0.6) is 0 Å². The summed E-state index contributed by atoms with van der Waals surface area (Å²) in [6, 6.07) is 14.3. The van der Waals surface area contributed by atoms with Crippen LogP contribution >= 0.6 is 11.8 Å². The standard InChI is InChI=1S/C24H27NO3S/c1-16-10-11-17(2)21(12-16)29-15-23(27)28-14-18(26)13-22-24(3,4)19-8-6-7-9-20(19)25(22)5/h6-13H,14-15H2,1-5H3. The fourth-order valence-electron chi connectivity index (χ4n) is 3.65. The van der Waals surface area contributed by atoms with E-state index in [-0.39, 0.29) is 29.5 Å². The molecular formula is C24H27NO3S. The summed E-state index contributed by atoms with van der Waals surface area (Å²) in [6.07, 6.45) is 1.60. The van der Waals surface area contributed by atoms with Gasteiger partial charge in [0.15, 0.2) is 12.4 Å². The maximum atomic E-state index is 12.5. The molecule has 1 aliphatic rings. The number of thioether (sulfide) groups is 1. The molecule has 0 amide bonds. The Bertz CT molecular complexity index is 978. The molecule has 0 fully saturated rings. The van der Waals surface area contributed by atoms with Gasteiger partial charge in [0, 0.05) is 34.8 Å². The molecule has 0 N–H and O–H groups in total. The van der Waals surface area contributed by atoms with Crippen LogP contribution < -0.4 is 4.90 Å². The number of allylic oxidation sites excluding steroid dienone is 1.